The van der Waals surface area contributed by atoms with Crippen molar-refractivity contribution in [1.82, 2.24) is 0 Å². The van der Waals surface area contributed by atoms with Crippen molar-refractivity contribution in [2.24, 2.45) is 5.92 Å². The lowest BCUT2D eigenvalue weighted by Gasteiger charge is -2.38. The predicted molar refractivity (Wildman–Crippen MR) is 173 cm³/mol. The van der Waals surface area contributed by atoms with Gasteiger partial charge in [-0.25, -0.2) is 0 Å². The third kappa shape index (κ3) is 6.66. The van der Waals surface area contributed by atoms with Crippen LogP contribution in [-0.4, -0.2) is 32.8 Å². The SMILES string of the molecule is CCCCCCc1cc2c(cc1O)CC(=O)C(C(c1ccccc1)C1COc3cc(O)c(CCCCCC)cc3C1O)=C2O. The van der Waals surface area contributed by atoms with Gasteiger partial charge in [0.15, 0.2) is 5.78 Å². The summed E-state index contributed by atoms with van der Waals surface area (Å²) in [5, 5.41) is 45.1. The first-order valence-corrected chi connectivity index (χ1v) is 16.4. The molecule has 0 fully saturated rings. The summed E-state index contributed by atoms with van der Waals surface area (Å²) in [5.41, 5.74) is 4.36. The van der Waals surface area contributed by atoms with E-state index in [9.17, 15) is 25.2 Å². The number of hydrogen-bond acceptors (Lipinski definition) is 6. The van der Waals surface area contributed by atoms with Crippen LogP contribution < -0.4 is 4.74 Å². The zero-order valence-corrected chi connectivity index (χ0v) is 26.0. The Balaban J connectivity index is 1.53. The van der Waals surface area contributed by atoms with Gasteiger partial charge in [-0.3, -0.25) is 4.79 Å². The van der Waals surface area contributed by atoms with Crippen LogP contribution in [0.2, 0.25) is 0 Å². The van der Waals surface area contributed by atoms with Crippen molar-refractivity contribution < 1.29 is 30.0 Å². The minimum absolute atomic E-state index is 0.0533. The highest BCUT2D eigenvalue weighted by atomic mass is 16.5. The number of rotatable bonds is 13. The lowest BCUT2D eigenvalue weighted by atomic mass is 9.71. The number of Topliss-reactive ketones (excluding diaryl/α,β-unsaturated/α-hetero) is 1. The number of allylic oxidation sites excluding steroid dienone is 1. The van der Waals surface area contributed by atoms with E-state index in [-0.39, 0.29) is 41.6 Å². The maximum absolute atomic E-state index is 13.8. The molecule has 1 aliphatic heterocycles. The molecule has 3 aromatic carbocycles. The first kappa shape index (κ1) is 31.6. The molecular formula is C38H46O6. The van der Waals surface area contributed by atoms with Crippen molar-refractivity contribution in [3.63, 3.8) is 0 Å². The van der Waals surface area contributed by atoms with E-state index in [1.54, 1.807) is 12.1 Å². The van der Waals surface area contributed by atoms with Crippen molar-refractivity contribution in [2.45, 2.75) is 96.5 Å². The molecule has 44 heavy (non-hydrogen) atoms. The number of carbonyl (C=O) groups excluding carboxylic acids is 1. The third-order valence-corrected chi connectivity index (χ3v) is 9.33. The Morgan fingerprint density at radius 3 is 2.11 bits per heavy atom. The number of carbonyl (C=O) groups is 1. The Hall–Kier alpha value is -3.77. The fourth-order valence-corrected chi connectivity index (χ4v) is 6.86. The van der Waals surface area contributed by atoms with Gasteiger partial charge in [0.05, 0.1) is 12.7 Å². The van der Waals surface area contributed by atoms with Gasteiger partial charge in [0.25, 0.3) is 0 Å². The lowest BCUT2D eigenvalue weighted by Crippen LogP contribution is -2.35. The summed E-state index contributed by atoms with van der Waals surface area (Å²) in [6.45, 7) is 4.43. The number of phenolic OH excluding ortho intramolecular Hbond substituents is 2. The molecule has 4 N–H and O–H groups in total. The molecule has 0 saturated carbocycles. The number of aryl methyl sites for hydroxylation is 2. The number of aromatic hydroxyl groups is 2. The van der Waals surface area contributed by atoms with Gasteiger partial charge < -0.3 is 25.2 Å². The molecule has 6 nitrogen and oxygen atoms in total. The Morgan fingerprint density at radius 1 is 0.818 bits per heavy atom. The maximum Gasteiger partial charge on any atom is 0.167 e. The standard InChI is InChI=1S/C38H46O6/c1-3-5-7-10-16-25-18-28-27(20-31(25)39)21-33(41)36(38(28)43)35(24-14-12-9-13-15-24)30-23-44-34-22-32(40)26(17-11-8-6-4-2)19-29(34)37(30)42/h9,12-15,18-20,22,30,35,37,39-40,42-43H,3-8,10-11,16-17,21,23H2,1-2H3. The molecule has 0 amide bonds. The molecule has 0 saturated heterocycles. The van der Waals surface area contributed by atoms with E-state index in [0.29, 0.717) is 35.3 Å². The summed E-state index contributed by atoms with van der Waals surface area (Å²) in [7, 11) is 0. The highest BCUT2D eigenvalue weighted by Crippen LogP contribution is 2.49. The molecule has 6 heteroatoms. The molecule has 1 heterocycles. The number of ketones is 1. The number of benzene rings is 3. The van der Waals surface area contributed by atoms with Gasteiger partial charge in [0.2, 0.25) is 0 Å². The summed E-state index contributed by atoms with van der Waals surface area (Å²) in [6.07, 6.45) is 8.98. The Bertz CT molecular complexity index is 1490. The topological polar surface area (TPSA) is 107 Å². The molecule has 0 bridgehead atoms. The second-order valence-electron chi connectivity index (χ2n) is 12.4. The van der Waals surface area contributed by atoms with Crippen LogP contribution in [0.15, 0.2) is 60.2 Å². The summed E-state index contributed by atoms with van der Waals surface area (Å²) in [4.78, 5) is 13.8. The summed E-state index contributed by atoms with van der Waals surface area (Å²) < 4.78 is 6.15. The van der Waals surface area contributed by atoms with Crippen LogP contribution in [-0.2, 0) is 24.1 Å². The van der Waals surface area contributed by atoms with E-state index in [1.165, 1.54) is 0 Å². The highest BCUT2D eigenvalue weighted by Gasteiger charge is 2.43. The summed E-state index contributed by atoms with van der Waals surface area (Å²) >= 11 is 0. The molecule has 0 radical (unpaired) electrons. The maximum atomic E-state index is 13.8. The molecular weight excluding hydrogens is 552 g/mol. The third-order valence-electron chi connectivity index (χ3n) is 9.33. The molecule has 1 aliphatic carbocycles. The fourth-order valence-electron chi connectivity index (χ4n) is 6.86. The van der Waals surface area contributed by atoms with Gasteiger partial charge in [0.1, 0.15) is 23.0 Å². The van der Waals surface area contributed by atoms with Gasteiger partial charge in [-0.1, -0.05) is 82.7 Å². The van der Waals surface area contributed by atoms with Crippen LogP contribution in [0.5, 0.6) is 17.2 Å². The van der Waals surface area contributed by atoms with Crippen molar-refractivity contribution in [2.75, 3.05) is 6.61 Å². The van der Waals surface area contributed by atoms with Gasteiger partial charge in [-0.2, -0.15) is 0 Å². The molecule has 3 unspecified atom stereocenters. The predicted octanol–water partition coefficient (Wildman–Crippen LogP) is 8.26. The van der Waals surface area contributed by atoms with Crippen LogP contribution in [0, 0.1) is 5.92 Å². The number of ether oxygens (including phenoxy) is 1. The first-order valence-electron chi connectivity index (χ1n) is 16.4. The number of fused-ring (bicyclic) bond motifs is 2. The largest absolute Gasteiger partial charge is 0.508 e. The van der Waals surface area contributed by atoms with Gasteiger partial charge in [-0.05, 0) is 66.1 Å². The van der Waals surface area contributed by atoms with E-state index in [4.69, 9.17) is 4.74 Å². The van der Waals surface area contributed by atoms with E-state index in [2.05, 4.69) is 13.8 Å². The van der Waals surface area contributed by atoms with E-state index in [1.807, 2.05) is 42.5 Å². The smallest absolute Gasteiger partial charge is 0.167 e. The van der Waals surface area contributed by atoms with Crippen molar-refractivity contribution in [3.8, 4) is 17.2 Å². The average Bonchev–Trinajstić information content (AvgIpc) is 3.01. The van der Waals surface area contributed by atoms with E-state index < -0.39 is 17.9 Å². The average molecular weight is 599 g/mol. The highest BCUT2D eigenvalue weighted by molar-refractivity contribution is 6.07. The van der Waals surface area contributed by atoms with Crippen molar-refractivity contribution in [1.29, 1.82) is 0 Å². The number of aliphatic hydroxyl groups is 2. The molecule has 5 rings (SSSR count). The first-order chi connectivity index (χ1) is 21.3. The van der Waals surface area contributed by atoms with Crippen LogP contribution in [0.3, 0.4) is 0 Å². The van der Waals surface area contributed by atoms with Crippen LogP contribution in [0.25, 0.3) is 5.76 Å². The molecule has 3 aromatic rings. The molecule has 0 aromatic heterocycles. The van der Waals surface area contributed by atoms with Crippen molar-refractivity contribution >= 4 is 11.5 Å². The molecule has 0 spiro atoms. The Kier molecular flexibility index (Phi) is 10.3. The zero-order chi connectivity index (χ0) is 31.2. The minimum atomic E-state index is -0.984. The second kappa shape index (κ2) is 14.3. The summed E-state index contributed by atoms with van der Waals surface area (Å²) in [6, 6.07) is 16.4. The number of phenols is 2. The summed E-state index contributed by atoms with van der Waals surface area (Å²) in [5.74, 6) is -0.764. The van der Waals surface area contributed by atoms with Gasteiger partial charge >= 0.3 is 0 Å². The van der Waals surface area contributed by atoms with Gasteiger partial charge in [0, 0.05) is 41.0 Å². The van der Waals surface area contributed by atoms with Crippen LogP contribution in [0.1, 0.15) is 111 Å². The lowest BCUT2D eigenvalue weighted by molar-refractivity contribution is -0.115. The second-order valence-corrected chi connectivity index (χ2v) is 12.4. The molecule has 2 aliphatic rings. The van der Waals surface area contributed by atoms with Crippen LogP contribution >= 0.6 is 0 Å². The number of hydrogen-bond donors (Lipinski definition) is 4. The normalized spacial score (nSPS) is 18.5. The zero-order valence-electron chi connectivity index (χ0n) is 26.0. The Morgan fingerprint density at radius 2 is 1.45 bits per heavy atom. The quantitative estimate of drug-likeness (QED) is 0.148. The fraction of sp³-hybridized carbons (Fsp3) is 0.447. The Labute approximate surface area is 261 Å². The number of aliphatic hydroxyl groups excluding tert-OH is 2. The monoisotopic (exact) mass is 598 g/mol. The molecule has 234 valence electrons. The van der Waals surface area contributed by atoms with Crippen LogP contribution in [0.4, 0.5) is 0 Å². The van der Waals surface area contributed by atoms with Crippen molar-refractivity contribution in [3.05, 3.63) is 93.6 Å². The van der Waals surface area contributed by atoms with Gasteiger partial charge in [-0.15, -0.1) is 0 Å². The minimum Gasteiger partial charge on any atom is -0.508 e. The number of unbranched alkanes of at least 4 members (excludes halogenated alkanes) is 6. The van der Waals surface area contributed by atoms with E-state index >= 15 is 0 Å². The molecule has 3 atom stereocenters. The van der Waals surface area contributed by atoms with E-state index in [0.717, 1.165) is 68.1 Å².